The third kappa shape index (κ3) is 2.76. The molecule has 1 heterocycles. The van der Waals surface area contributed by atoms with Gasteiger partial charge in [0.1, 0.15) is 18.2 Å². The summed E-state index contributed by atoms with van der Waals surface area (Å²) in [5.74, 6) is 0.385. The van der Waals surface area contributed by atoms with Crippen LogP contribution in [0.4, 0.5) is 4.39 Å². The number of halogens is 1. The molecule has 0 radical (unpaired) electrons. The zero-order valence-corrected chi connectivity index (χ0v) is 11.5. The van der Waals surface area contributed by atoms with Gasteiger partial charge in [0.2, 0.25) is 0 Å². The predicted octanol–water partition coefficient (Wildman–Crippen LogP) is 4.00. The second kappa shape index (κ2) is 5.12. The van der Waals surface area contributed by atoms with E-state index in [9.17, 15) is 4.39 Å². The maximum Gasteiger partial charge on any atom is 0.126 e. The van der Waals surface area contributed by atoms with Crippen LogP contribution in [0.2, 0.25) is 0 Å². The smallest absolute Gasteiger partial charge is 0.126 e. The lowest BCUT2D eigenvalue weighted by Crippen LogP contribution is -2.27. The van der Waals surface area contributed by atoms with Crippen LogP contribution in [0.25, 0.3) is 0 Å². The number of hydrogen-bond donors (Lipinski definition) is 0. The SMILES string of the molecule is Cc1ccc(F)cc1OCC1CCC2(CCCC2)O1. The summed E-state index contributed by atoms with van der Waals surface area (Å²) in [5.41, 5.74) is 1.11. The summed E-state index contributed by atoms with van der Waals surface area (Å²) in [7, 11) is 0. The van der Waals surface area contributed by atoms with Crippen molar-refractivity contribution in [2.45, 2.75) is 57.2 Å². The molecule has 1 saturated carbocycles. The number of rotatable bonds is 3. The molecular weight excluding hydrogens is 243 g/mol. The van der Waals surface area contributed by atoms with E-state index < -0.39 is 0 Å². The standard InChI is InChI=1S/C16H21FO2/c1-12-4-5-13(17)10-15(12)18-11-14-6-9-16(19-14)7-2-3-8-16/h4-5,10,14H,2-3,6-9,11H2,1H3. The quantitative estimate of drug-likeness (QED) is 0.821. The number of hydrogen-bond acceptors (Lipinski definition) is 2. The van der Waals surface area contributed by atoms with Gasteiger partial charge < -0.3 is 9.47 Å². The minimum Gasteiger partial charge on any atom is -0.491 e. The Kier molecular flexibility index (Phi) is 3.48. The Bertz CT molecular complexity index is 452. The van der Waals surface area contributed by atoms with E-state index in [0.29, 0.717) is 12.4 Å². The molecule has 0 bridgehead atoms. The topological polar surface area (TPSA) is 18.5 Å². The van der Waals surface area contributed by atoms with E-state index >= 15 is 0 Å². The lowest BCUT2D eigenvalue weighted by atomic mass is 9.98. The van der Waals surface area contributed by atoms with E-state index in [1.54, 1.807) is 6.07 Å². The molecule has 2 fully saturated rings. The van der Waals surface area contributed by atoms with Gasteiger partial charge in [0.05, 0.1) is 11.7 Å². The maximum atomic E-state index is 13.2. The molecular formula is C16H21FO2. The first-order valence-corrected chi connectivity index (χ1v) is 7.24. The second-order valence-electron chi connectivity index (χ2n) is 5.89. The van der Waals surface area contributed by atoms with Gasteiger partial charge in [-0.2, -0.15) is 0 Å². The molecule has 3 rings (SSSR count). The highest BCUT2D eigenvalue weighted by Gasteiger charge is 2.42. The Labute approximate surface area is 113 Å². The minimum atomic E-state index is -0.250. The third-order valence-electron chi connectivity index (χ3n) is 4.43. The summed E-state index contributed by atoms with van der Waals surface area (Å²) in [6.45, 7) is 2.47. The van der Waals surface area contributed by atoms with Crippen LogP contribution in [-0.2, 0) is 4.74 Å². The van der Waals surface area contributed by atoms with Crippen LogP contribution in [0.3, 0.4) is 0 Å². The normalized spacial score (nSPS) is 25.1. The minimum absolute atomic E-state index is 0.144. The van der Waals surface area contributed by atoms with Gasteiger partial charge in [-0.1, -0.05) is 18.9 Å². The average molecular weight is 264 g/mol. The van der Waals surface area contributed by atoms with Crippen molar-refractivity contribution < 1.29 is 13.9 Å². The van der Waals surface area contributed by atoms with Crippen LogP contribution in [-0.4, -0.2) is 18.3 Å². The Balaban J connectivity index is 1.57. The molecule has 0 amide bonds. The highest BCUT2D eigenvalue weighted by Crippen LogP contribution is 2.43. The van der Waals surface area contributed by atoms with Crippen molar-refractivity contribution in [2.24, 2.45) is 0 Å². The summed E-state index contributed by atoms with van der Waals surface area (Å²) in [6.07, 6.45) is 7.36. The summed E-state index contributed by atoms with van der Waals surface area (Å²) < 4.78 is 25.1. The molecule has 1 atom stereocenters. The van der Waals surface area contributed by atoms with Gasteiger partial charge in [0.15, 0.2) is 0 Å². The van der Waals surface area contributed by atoms with Crippen molar-refractivity contribution >= 4 is 0 Å². The zero-order valence-electron chi connectivity index (χ0n) is 11.5. The molecule has 0 aromatic heterocycles. The van der Waals surface area contributed by atoms with Crippen LogP contribution in [0.5, 0.6) is 5.75 Å². The molecule has 1 unspecified atom stereocenters. The highest BCUT2D eigenvalue weighted by atomic mass is 19.1. The van der Waals surface area contributed by atoms with Gasteiger partial charge in [-0.3, -0.25) is 0 Å². The fourth-order valence-corrected chi connectivity index (χ4v) is 3.31. The molecule has 1 spiro atoms. The van der Waals surface area contributed by atoms with Crippen molar-refractivity contribution in [1.29, 1.82) is 0 Å². The Hall–Kier alpha value is -1.09. The van der Waals surface area contributed by atoms with Gasteiger partial charge in [-0.25, -0.2) is 4.39 Å². The lowest BCUT2D eigenvalue weighted by molar-refractivity contribution is -0.0509. The number of ether oxygens (including phenoxy) is 2. The Morgan fingerprint density at radius 1 is 1.32 bits per heavy atom. The van der Waals surface area contributed by atoms with Gasteiger partial charge >= 0.3 is 0 Å². The summed E-state index contributed by atoms with van der Waals surface area (Å²) in [5, 5.41) is 0. The van der Waals surface area contributed by atoms with E-state index in [1.165, 1.54) is 37.8 Å². The van der Waals surface area contributed by atoms with E-state index in [-0.39, 0.29) is 17.5 Å². The van der Waals surface area contributed by atoms with Crippen molar-refractivity contribution in [2.75, 3.05) is 6.61 Å². The van der Waals surface area contributed by atoms with Crippen LogP contribution < -0.4 is 4.74 Å². The molecule has 1 saturated heterocycles. The summed E-state index contributed by atoms with van der Waals surface area (Å²) >= 11 is 0. The second-order valence-corrected chi connectivity index (χ2v) is 5.89. The van der Waals surface area contributed by atoms with Crippen molar-refractivity contribution in [3.8, 4) is 5.75 Å². The predicted molar refractivity (Wildman–Crippen MR) is 71.9 cm³/mol. The zero-order chi connectivity index (χ0) is 13.3. The van der Waals surface area contributed by atoms with E-state index in [0.717, 1.165) is 18.4 Å². The molecule has 19 heavy (non-hydrogen) atoms. The number of aryl methyl sites for hydroxylation is 1. The van der Waals surface area contributed by atoms with Crippen LogP contribution in [0.1, 0.15) is 44.1 Å². The van der Waals surface area contributed by atoms with Gasteiger partial charge in [0.25, 0.3) is 0 Å². The van der Waals surface area contributed by atoms with Crippen LogP contribution in [0, 0.1) is 12.7 Å². The maximum absolute atomic E-state index is 13.2. The first kappa shape index (κ1) is 12.9. The third-order valence-corrected chi connectivity index (χ3v) is 4.43. The first-order chi connectivity index (χ1) is 9.17. The Morgan fingerprint density at radius 3 is 2.89 bits per heavy atom. The summed E-state index contributed by atoms with van der Waals surface area (Å²) in [6, 6.07) is 4.66. The van der Waals surface area contributed by atoms with Crippen molar-refractivity contribution in [1.82, 2.24) is 0 Å². The summed E-state index contributed by atoms with van der Waals surface area (Å²) in [4.78, 5) is 0. The Morgan fingerprint density at radius 2 is 2.11 bits per heavy atom. The van der Waals surface area contributed by atoms with Gasteiger partial charge in [0, 0.05) is 6.07 Å². The molecule has 1 aromatic rings. The van der Waals surface area contributed by atoms with Crippen molar-refractivity contribution in [3.63, 3.8) is 0 Å². The fraction of sp³-hybridized carbons (Fsp3) is 0.625. The van der Waals surface area contributed by atoms with E-state index in [2.05, 4.69) is 0 Å². The molecule has 0 N–H and O–H groups in total. The average Bonchev–Trinajstić information content (AvgIpc) is 3.02. The molecule has 1 aliphatic carbocycles. The molecule has 3 heteroatoms. The fourth-order valence-electron chi connectivity index (χ4n) is 3.31. The van der Waals surface area contributed by atoms with Crippen LogP contribution >= 0.6 is 0 Å². The van der Waals surface area contributed by atoms with Crippen molar-refractivity contribution in [3.05, 3.63) is 29.6 Å². The largest absolute Gasteiger partial charge is 0.491 e. The van der Waals surface area contributed by atoms with E-state index in [4.69, 9.17) is 9.47 Å². The van der Waals surface area contributed by atoms with E-state index in [1.807, 2.05) is 6.92 Å². The monoisotopic (exact) mass is 264 g/mol. The molecule has 2 aliphatic rings. The molecule has 104 valence electrons. The first-order valence-electron chi connectivity index (χ1n) is 7.24. The van der Waals surface area contributed by atoms with Gasteiger partial charge in [-0.15, -0.1) is 0 Å². The molecule has 2 nitrogen and oxygen atoms in total. The molecule has 1 aliphatic heterocycles. The number of benzene rings is 1. The highest BCUT2D eigenvalue weighted by molar-refractivity contribution is 5.32. The lowest BCUT2D eigenvalue weighted by Gasteiger charge is -2.24. The van der Waals surface area contributed by atoms with Gasteiger partial charge in [-0.05, 0) is 44.2 Å². The van der Waals surface area contributed by atoms with Crippen LogP contribution in [0.15, 0.2) is 18.2 Å². The molecule has 1 aromatic carbocycles.